The van der Waals surface area contributed by atoms with E-state index in [4.69, 9.17) is 16.3 Å². The maximum Gasteiger partial charge on any atom is 0.308 e. The lowest BCUT2D eigenvalue weighted by atomic mass is 10.0. The van der Waals surface area contributed by atoms with E-state index < -0.39 is 28.9 Å². The molecule has 0 aliphatic carbocycles. The lowest BCUT2D eigenvalue weighted by Gasteiger charge is -2.22. The van der Waals surface area contributed by atoms with Gasteiger partial charge in [0.15, 0.2) is 5.75 Å². The van der Waals surface area contributed by atoms with Crippen molar-refractivity contribution < 1.29 is 19.1 Å². The van der Waals surface area contributed by atoms with E-state index in [-0.39, 0.29) is 11.4 Å². The molecule has 31 heavy (non-hydrogen) atoms. The fraction of sp³-hybridized carbons (Fsp3) is 0.217. The van der Waals surface area contributed by atoms with E-state index in [1.54, 1.807) is 12.1 Å². The molecule has 0 spiro atoms. The second-order valence-corrected chi connectivity index (χ2v) is 7.40. The summed E-state index contributed by atoms with van der Waals surface area (Å²) in [7, 11) is 1.53. The molecule has 1 heterocycles. The van der Waals surface area contributed by atoms with Crippen molar-refractivity contribution in [3.63, 3.8) is 0 Å². The molecule has 2 aromatic carbocycles. The molecule has 8 heteroatoms. The molecule has 0 aliphatic heterocycles. The predicted octanol–water partition coefficient (Wildman–Crippen LogP) is 3.87. The fourth-order valence-corrected chi connectivity index (χ4v) is 3.63. The Bertz CT molecular complexity index is 1260. The Balaban J connectivity index is 2.38. The van der Waals surface area contributed by atoms with Crippen LogP contribution in [0.25, 0.3) is 10.9 Å². The van der Waals surface area contributed by atoms with E-state index in [0.717, 1.165) is 10.5 Å². The highest BCUT2D eigenvalue weighted by Gasteiger charge is 2.31. The fourth-order valence-electron chi connectivity index (χ4n) is 3.50. The van der Waals surface area contributed by atoms with Gasteiger partial charge in [-0.05, 0) is 42.3 Å². The first-order valence-corrected chi connectivity index (χ1v) is 9.98. The largest absolute Gasteiger partial charge is 0.425 e. The minimum Gasteiger partial charge on any atom is -0.425 e. The number of halogens is 1. The van der Waals surface area contributed by atoms with Gasteiger partial charge in [0.05, 0.1) is 11.2 Å². The third-order valence-electron chi connectivity index (χ3n) is 4.91. The SMILES string of the molecule is CCc1cccc2c1c(OC(C)=O)c(C(=O)N(C(C)=O)c1ccc(Cl)cc1)c(=O)n2C. The van der Waals surface area contributed by atoms with Crippen LogP contribution in [0.4, 0.5) is 5.69 Å². The Morgan fingerprint density at radius 1 is 1.06 bits per heavy atom. The van der Waals surface area contributed by atoms with Crippen LogP contribution in [0.15, 0.2) is 47.3 Å². The monoisotopic (exact) mass is 440 g/mol. The summed E-state index contributed by atoms with van der Waals surface area (Å²) in [6.45, 7) is 4.31. The van der Waals surface area contributed by atoms with Crippen LogP contribution in [0, 0.1) is 0 Å². The zero-order chi connectivity index (χ0) is 22.9. The summed E-state index contributed by atoms with van der Waals surface area (Å²) in [6, 6.07) is 11.4. The summed E-state index contributed by atoms with van der Waals surface area (Å²) >= 11 is 5.92. The van der Waals surface area contributed by atoms with Crippen molar-refractivity contribution in [3.05, 3.63) is 69.0 Å². The van der Waals surface area contributed by atoms with E-state index in [1.165, 1.54) is 49.7 Å². The van der Waals surface area contributed by atoms with E-state index >= 15 is 0 Å². The van der Waals surface area contributed by atoms with Crippen molar-refractivity contribution in [2.24, 2.45) is 7.05 Å². The van der Waals surface area contributed by atoms with E-state index in [0.29, 0.717) is 22.3 Å². The standard InChI is InChI=1S/C23H21ClN2O5/c1-5-15-7-6-8-18-19(15)21(31-14(3)28)20(22(29)25(18)4)23(30)26(13(2)27)17-11-9-16(24)10-12-17/h6-12H,5H2,1-4H3. The van der Waals surface area contributed by atoms with Gasteiger partial charge in [-0.1, -0.05) is 30.7 Å². The van der Waals surface area contributed by atoms with Crippen LogP contribution in [0.2, 0.25) is 5.02 Å². The molecule has 0 saturated carbocycles. The highest BCUT2D eigenvalue weighted by atomic mass is 35.5. The van der Waals surface area contributed by atoms with Crippen LogP contribution in [-0.4, -0.2) is 22.4 Å². The van der Waals surface area contributed by atoms with E-state index in [1.807, 2.05) is 13.0 Å². The third-order valence-corrected chi connectivity index (χ3v) is 5.16. The van der Waals surface area contributed by atoms with Gasteiger partial charge in [-0.3, -0.25) is 19.2 Å². The number of ether oxygens (including phenoxy) is 1. The van der Waals surface area contributed by atoms with Gasteiger partial charge in [0.1, 0.15) is 5.56 Å². The van der Waals surface area contributed by atoms with Crippen LogP contribution >= 0.6 is 11.6 Å². The summed E-state index contributed by atoms with van der Waals surface area (Å²) in [5.41, 5.74) is 0.470. The number of anilines is 1. The first-order valence-electron chi connectivity index (χ1n) is 9.61. The van der Waals surface area contributed by atoms with Crippen molar-refractivity contribution >= 4 is 46.0 Å². The number of aryl methyl sites for hydroxylation is 2. The van der Waals surface area contributed by atoms with Gasteiger partial charge < -0.3 is 9.30 Å². The van der Waals surface area contributed by atoms with Gasteiger partial charge in [-0.25, -0.2) is 4.90 Å². The molecule has 2 amide bonds. The summed E-state index contributed by atoms with van der Waals surface area (Å²) in [4.78, 5) is 52.0. The smallest absolute Gasteiger partial charge is 0.308 e. The molecular formula is C23H21ClN2O5. The number of benzene rings is 2. The zero-order valence-corrected chi connectivity index (χ0v) is 18.3. The van der Waals surface area contributed by atoms with Gasteiger partial charge in [-0.15, -0.1) is 0 Å². The number of esters is 1. The second-order valence-electron chi connectivity index (χ2n) is 6.96. The van der Waals surface area contributed by atoms with E-state index in [9.17, 15) is 19.2 Å². The number of aromatic nitrogens is 1. The van der Waals surface area contributed by atoms with Crippen molar-refractivity contribution in [1.29, 1.82) is 0 Å². The van der Waals surface area contributed by atoms with Crippen molar-refractivity contribution in [2.75, 3.05) is 4.90 Å². The summed E-state index contributed by atoms with van der Waals surface area (Å²) in [6.07, 6.45) is 0.574. The molecule has 0 unspecified atom stereocenters. The van der Waals surface area contributed by atoms with Gasteiger partial charge in [-0.2, -0.15) is 0 Å². The molecular weight excluding hydrogens is 420 g/mol. The lowest BCUT2D eigenvalue weighted by Crippen LogP contribution is -2.40. The number of carbonyl (C=O) groups is 3. The summed E-state index contributed by atoms with van der Waals surface area (Å²) in [5.74, 6) is -2.32. The molecule has 0 bridgehead atoms. The number of amides is 2. The predicted molar refractivity (Wildman–Crippen MR) is 119 cm³/mol. The number of imide groups is 1. The Labute approximate surface area is 183 Å². The van der Waals surface area contributed by atoms with Crippen LogP contribution in [0.1, 0.15) is 36.7 Å². The molecule has 3 aromatic rings. The molecule has 1 aromatic heterocycles. The average molecular weight is 441 g/mol. The number of fused-ring (bicyclic) bond motifs is 1. The molecule has 7 nitrogen and oxygen atoms in total. The maximum atomic E-state index is 13.6. The number of hydrogen-bond donors (Lipinski definition) is 0. The van der Waals surface area contributed by atoms with E-state index in [2.05, 4.69) is 0 Å². The molecule has 0 radical (unpaired) electrons. The first kappa shape index (κ1) is 22.2. The highest BCUT2D eigenvalue weighted by Crippen LogP contribution is 2.33. The van der Waals surface area contributed by atoms with Crippen molar-refractivity contribution in [1.82, 2.24) is 4.57 Å². The quantitative estimate of drug-likeness (QED) is 0.575. The van der Waals surface area contributed by atoms with Gasteiger partial charge in [0, 0.05) is 31.3 Å². The Morgan fingerprint density at radius 2 is 1.71 bits per heavy atom. The molecule has 3 rings (SSSR count). The molecule has 0 aliphatic rings. The van der Waals surface area contributed by atoms with Crippen LogP contribution in [0.5, 0.6) is 5.75 Å². The Kier molecular flexibility index (Phi) is 6.27. The van der Waals surface area contributed by atoms with Gasteiger partial charge in [0.2, 0.25) is 5.91 Å². The summed E-state index contributed by atoms with van der Waals surface area (Å²) < 4.78 is 6.73. The van der Waals surface area contributed by atoms with Crippen molar-refractivity contribution in [3.8, 4) is 5.75 Å². The highest BCUT2D eigenvalue weighted by molar-refractivity contribution is 6.30. The Morgan fingerprint density at radius 3 is 2.26 bits per heavy atom. The molecule has 0 fully saturated rings. The van der Waals surface area contributed by atoms with Gasteiger partial charge in [0.25, 0.3) is 11.5 Å². The van der Waals surface area contributed by atoms with Crippen LogP contribution in [0.3, 0.4) is 0 Å². The van der Waals surface area contributed by atoms with Gasteiger partial charge >= 0.3 is 5.97 Å². The lowest BCUT2D eigenvalue weighted by molar-refractivity contribution is -0.131. The second kappa shape index (κ2) is 8.73. The normalized spacial score (nSPS) is 10.7. The number of pyridine rings is 1. The first-order chi connectivity index (χ1) is 14.7. The minimum atomic E-state index is -0.889. The molecule has 160 valence electrons. The molecule has 0 saturated heterocycles. The molecule has 0 atom stereocenters. The maximum absolute atomic E-state index is 13.6. The number of rotatable bonds is 4. The average Bonchev–Trinajstić information content (AvgIpc) is 2.72. The molecule has 0 N–H and O–H groups in total. The van der Waals surface area contributed by atoms with Crippen molar-refractivity contribution in [2.45, 2.75) is 27.2 Å². The zero-order valence-electron chi connectivity index (χ0n) is 17.6. The number of carbonyl (C=O) groups excluding carboxylic acids is 3. The number of nitrogens with zero attached hydrogens (tertiary/aromatic N) is 2. The Hall–Kier alpha value is -3.45. The minimum absolute atomic E-state index is 0.145. The van der Waals surface area contributed by atoms with Crippen LogP contribution < -0.4 is 15.2 Å². The third kappa shape index (κ3) is 4.09. The van der Waals surface area contributed by atoms with Crippen LogP contribution in [-0.2, 0) is 23.1 Å². The topological polar surface area (TPSA) is 85.7 Å². The number of hydrogen-bond acceptors (Lipinski definition) is 5. The summed E-state index contributed by atoms with van der Waals surface area (Å²) in [5, 5.41) is 0.903.